The molecule has 1 aliphatic carbocycles. The minimum absolute atomic E-state index is 0. The highest BCUT2D eigenvalue weighted by atomic mass is 127. The van der Waals surface area contributed by atoms with Gasteiger partial charge in [0.25, 0.3) is 0 Å². The minimum Gasteiger partial charge on any atom is -0.477 e. The second-order valence-corrected chi connectivity index (χ2v) is 7.40. The number of ether oxygens (including phenoxy) is 1. The number of pyridine rings is 1. The molecule has 0 radical (unpaired) electrons. The smallest absolute Gasteiger partial charge is 0.218 e. The Bertz CT molecular complexity index is 572. The molecular weight excluding hydrogens is 467 g/mol. The van der Waals surface area contributed by atoms with Crippen molar-refractivity contribution in [1.29, 1.82) is 0 Å². The van der Waals surface area contributed by atoms with E-state index in [1.54, 1.807) is 6.20 Å². The zero-order chi connectivity index (χ0) is 19.4. The van der Waals surface area contributed by atoms with Gasteiger partial charge in [-0.25, -0.2) is 9.98 Å². The summed E-state index contributed by atoms with van der Waals surface area (Å²) in [4.78, 5) is 9.07. The van der Waals surface area contributed by atoms with E-state index in [1.807, 2.05) is 12.1 Å². The molecule has 1 aliphatic rings. The van der Waals surface area contributed by atoms with Gasteiger partial charge in [0, 0.05) is 31.5 Å². The highest BCUT2D eigenvalue weighted by molar-refractivity contribution is 14.0. The van der Waals surface area contributed by atoms with Crippen molar-refractivity contribution in [2.45, 2.75) is 65.3 Å². The monoisotopic (exact) mass is 504 g/mol. The van der Waals surface area contributed by atoms with Crippen LogP contribution in [0, 0.1) is 5.41 Å². The number of aromatic nitrogens is 1. The van der Waals surface area contributed by atoms with Gasteiger partial charge >= 0.3 is 0 Å². The van der Waals surface area contributed by atoms with Crippen molar-refractivity contribution in [2.24, 2.45) is 10.4 Å². The Labute approximate surface area is 187 Å². The second kappa shape index (κ2) is 14.0. The molecule has 0 amide bonds. The Hall–Kier alpha value is -1.09. The third kappa shape index (κ3) is 8.11. The predicted octanol–water partition coefficient (Wildman–Crippen LogP) is 3.88. The van der Waals surface area contributed by atoms with E-state index in [1.165, 1.54) is 32.1 Å². The molecule has 0 saturated heterocycles. The van der Waals surface area contributed by atoms with Gasteiger partial charge in [-0.15, -0.1) is 24.0 Å². The van der Waals surface area contributed by atoms with Gasteiger partial charge in [-0.3, -0.25) is 0 Å². The summed E-state index contributed by atoms with van der Waals surface area (Å²) in [5, 5.41) is 16.4. The number of nitrogens with zero attached hydrogens (tertiary/aromatic N) is 2. The molecule has 1 aromatic rings. The van der Waals surface area contributed by atoms with Gasteiger partial charge in [0.05, 0.1) is 13.2 Å². The summed E-state index contributed by atoms with van der Waals surface area (Å²) in [5.41, 5.74) is 1.18. The van der Waals surface area contributed by atoms with E-state index in [0.29, 0.717) is 19.0 Å². The van der Waals surface area contributed by atoms with E-state index in [0.717, 1.165) is 37.5 Å². The van der Waals surface area contributed by atoms with Crippen molar-refractivity contribution >= 4 is 29.9 Å². The lowest BCUT2D eigenvalue weighted by Crippen LogP contribution is -2.45. The molecule has 160 valence electrons. The molecule has 28 heavy (non-hydrogen) atoms. The van der Waals surface area contributed by atoms with Crippen molar-refractivity contribution in [1.82, 2.24) is 15.6 Å². The normalized spacial score (nSPS) is 16.2. The van der Waals surface area contributed by atoms with Crippen LogP contribution in [0.15, 0.2) is 23.3 Å². The van der Waals surface area contributed by atoms with Crippen LogP contribution in [-0.4, -0.2) is 42.4 Å². The highest BCUT2D eigenvalue weighted by Crippen LogP contribution is 2.38. The number of guanidine groups is 1. The molecule has 0 aromatic carbocycles. The van der Waals surface area contributed by atoms with E-state index in [9.17, 15) is 5.11 Å². The maximum atomic E-state index is 9.51. The van der Waals surface area contributed by atoms with Crippen molar-refractivity contribution in [3.63, 3.8) is 0 Å². The van der Waals surface area contributed by atoms with Crippen LogP contribution in [-0.2, 0) is 6.54 Å². The fraction of sp³-hybridized carbons (Fsp3) is 0.714. The summed E-state index contributed by atoms with van der Waals surface area (Å²) in [7, 11) is 0. The molecule has 1 heterocycles. The van der Waals surface area contributed by atoms with Crippen LogP contribution in [0.3, 0.4) is 0 Å². The zero-order valence-electron chi connectivity index (χ0n) is 17.4. The van der Waals surface area contributed by atoms with E-state index in [-0.39, 0.29) is 36.0 Å². The largest absolute Gasteiger partial charge is 0.477 e. The molecule has 0 spiro atoms. The fourth-order valence-corrected chi connectivity index (χ4v) is 3.70. The average Bonchev–Trinajstić information content (AvgIpc) is 2.70. The number of nitrogens with one attached hydrogen (secondary N) is 2. The van der Waals surface area contributed by atoms with E-state index >= 15 is 0 Å². The zero-order valence-corrected chi connectivity index (χ0v) is 19.7. The van der Waals surface area contributed by atoms with Crippen LogP contribution in [0.4, 0.5) is 0 Å². The molecule has 1 saturated carbocycles. The van der Waals surface area contributed by atoms with Crippen LogP contribution < -0.4 is 15.4 Å². The first-order valence-electron chi connectivity index (χ1n) is 10.4. The molecule has 1 aromatic heterocycles. The standard InChI is InChI=1S/C21H36N4O2.HI/c1-3-15-27-19-18(9-8-13-23-19)16-24-20(22-4-2)25-17-21(12-14-26)10-6-5-7-11-21;/h8-9,13,26H,3-7,10-12,14-17H2,1-2H3,(H2,22,24,25);1H. The molecule has 1 fully saturated rings. The Morgan fingerprint density at radius 2 is 2.04 bits per heavy atom. The van der Waals surface area contributed by atoms with Gasteiger partial charge in [0.2, 0.25) is 5.88 Å². The van der Waals surface area contributed by atoms with Gasteiger partial charge in [-0.2, -0.15) is 0 Å². The fourth-order valence-electron chi connectivity index (χ4n) is 3.70. The number of hydrogen-bond donors (Lipinski definition) is 3. The Balaban J connectivity index is 0.00000392. The van der Waals surface area contributed by atoms with Gasteiger partial charge < -0.3 is 20.5 Å². The first-order chi connectivity index (χ1) is 13.2. The third-order valence-electron chi connectivity index (χ3n) is 5.23. The summed E-state index contributed by atoms with van der Waals surface area (Å²) >= 11 is 0. The Morgan fingerprint density at radius 1 is 1.25 bits per heavy atom. The first-order valence-corrected chi connectivity index (χ1v) is 10.4. The van der Waals surface area contributed by atoms with Crippen LogP contribution in [0.2, 0.25) is 0 Å². The van der Waals surface area contributed by atoms with Crippen molar-refractivity contribution in [3.8, 4) is 5.88 Å². The van der Waals surface area contributed by atoms with E-state index in [2.05, 4.69) is 29.5 Å². The van der Waals surface area contributed by atoms with Crippen LogP contribution >= 0.6 is 24.0 Å². The predicted molar refractivity (Wildman–Crippen MR) is 125 cm³/mol. The summed E-state index contributed by atoms with van der Waals surface area (Å²) in [5.74, 6) is 1.48. The summed E-state index contributed by atoms with van der Waals surface area (Å²) in [6.45, 7) is 7.26. The topological polar surface area (TPSA) is 78.8 Å². The van der Waals surface area contributed by atoms with Crippen LogP contribution in [0.25, 0.3) is 0 Å². The summed E-state index contributed by atoms with van der Waals surface area (Å²) < 4.78 is 5.73. The second-order valence-electron chi connectivity index (χ2n) is 7.40. The Morgan fingerprint density at radius 3 is 2.71 bits per heavy atom. The molecule has 0 unspecified atom stereocenters. The van der Waals surface area contributed by atoms with Crippen molar-refractivity contribution in [3.05, 3.63) is 23.9 Å². The molecule has 7 heteroatoms. The molecule has 2 rings (SSSR count). The number of halogens is 1. The lowest BCUT2D eigenvalue weighted by atomic mass is 9.72. The Kier molecular flexibility index (Phi) is 12.5. The van der Waals surface area contributed by atoms with E-state index < -0.39 is 0 Å². The lowest BCUT2D eigenvalue weighted by Gasteiger charge is -2.37. The molecule has 6 nitrogen and oxygen atoms in total. The van der Waals surface area contributed by atoms with Crippen molar-refractivity contribution < 1.29 is 9.84 Å². The van der Waals surface area contributed by atoms with Crippen molar-refractivity contribution in [2.75, 3.05) is 26.3 Å². The van der Waals surface area contributed by atoms with E-state index in [4.69, 9.17) is 9.73 Å². The van der Waals surface area contributed by atoms with Gasteiger partial charge in [-0.1, -0.05) is 32.3 Å². The first kappa shape index (κ1) is 24.9. The average molecular weight is 504 g/mol. The molecule has 0 aliphatic heterocycles. The molecule has 0 bridgehead atoms. The number of aliphatic imine (C=N–C) groups is 1. The number of aliphatic hydroxyl groups is 1. The maximum absolute atomic E-state index is 9.51. The summed E-state index contributed by atoms with van der Waals surface area (Å²) in [6.07, 6.45) is 9.74. The number of hydrogen-bond acceptors (Lipinski definition) is 4. The maximum Gasteiger partial charge on any atom is 0.218 e. The van der Waals surface area contributed by atoms with Crippen LogP contribution in [0.5, 0.6) is 5.88 Å². The number of aliphatic hydroxyl groups excluding tert-OH is 1. The highest BCUT2D eigenvalue weighted by Gasteiger charge is 2.31. The molecule has 3 N–H and O–H groups in total. The minimum atomic E-state index is 0. The third-order valence-corrected chi connectivity index (χ3v) is 5.23. The number of rotatable bonds is 10. The molecular formula is C21H37IN4O2. The van der Waals surface area contributed by atoms with Gasteiger partial charge in [0.15, 0.2) is 5.96 Å². The van der Waals surface area contributed by atoms with Crippen LogP contribution in [0.1, 0.15) is 64.4 Å². The van der Waals surface area contributed by atoms with Gasteiger partial charge in [-0.05, 0) is 44.1 Å². The summed E-state index contributed by atoms with van der Waals surface area (Å²) in [6, 6.07) is 3.93. The molecule has 0 atom stereocenters. The lowest BCUT2D eigenvalue weighted by molar-refractivity contribution is 0.131. The quantitative estimate of drug-likeness (QED) is 0.256. The van der Waals surface area contributed by atoms with Gasteiger partial charge in [0.1, 0.15) is 0 Å². The SMILES string of the molecule is CCCOc1ncccc1CN=C(NCC)NCC1(CCO)CCCCC1.I.